The molecule has 1 aliphatic rings. The Bertz CT molecular complexity index is 413. The van der Waals surface area contributed by atoms with Crippen molar-refractivity contribution in [2.45, 2.75) is 32.4 Å². The number of para-hydroxylation sites is 1. The zero-order chi connectivity index (χ0) is 12.4. The summed E-state index contributed by atoms with van der Waals surface area (Å²) in [5.41, 5.74) is 8.92. The summed E-state index contributed by atoms with van der Waals surface area (Å²) in [4.78, 5) is 0. The second-order valence-corrected chi connectivity index (χ2v) is 4.60. The van der Waals surface area contributed by atoms with Crippen LogP contribution in [0.15, 0.2) is 41.7 Å². The summed E-state index contributed by atoms with van der Waals surface area (Å²) in [7, 11) is 0. The summed E-state index contributed by atoms with van der Waals surface area (Å²) < 4.78 is 0. The van der Waals surface area contributed by atoms with Crippen LogP contribution in [0.3, 0.4) is 0 Å². The zero-order valence-electron chi connectivity index (χ0n) is 10.4. The highest BCUT2D eigenvalue weighted by atomic mass is 15.4. The number of nitrogens with one attached hydrogen (secondary N) is 1. The molecule has 0 aliphatic carbocycles. The second kappa shape index (κ2) is 4.77. The Morgan fingerprint density at radius 3 is 2.53 bits per heavy atom. The minimum Gasteiger partial charge on any atom is -0.399 e. The normalized spacial score (nSPS) is 24.9. The summed E-state index contributed by atoms with van der Waals surface area (Å²) in [6, 6.07) is 10.4. The predicted octanol–water partition coefficient (Wildman–Crippen LogP) is 1.31. The van der Waals surface area contributed by atoms with Crippen LogP contribution in [-0.2, 0) is 0 Å². The van der Waals surface area contributed by atoms with Crippen molar-refractivity contribution >= 4 is 5.69 Å². The Labute approximate surface area is 102 Å². The first kappa shape index (κ1) is 12.0. The van der Waals surface area contributed by atoms with Gasteiger partial charge in [0, 0.05) is 24.2 Å². The van der Waals surface area contributed by atoms with E-state index < -0.39 is 0 Å². The van der Waals surface area contributed by atoms with Gasteiger partial charge in [-0.05, 0) is 26.0 Å². The van der Waals surface area contributed by atoms with E-state index in [2.05, 4.69) is 19.2 Å². The number of hydrogen-bond acceptors (Lipinski definition) is 4. The molecule has 1 heterocycles. The quantitative estimate of drug-likeness (QED) is 0.531. The Kier molecular flexibility index (Phi) is 3.36. The lowest BCUT2D eigenvalue weighted by molar-refractivity contribution is 0.456. The number of rotatable bonds is 2. The molecule has 1 aromatic carbocycles. The molecule has 2 unspecified atom stereocenters. The predicted molar refractivity (Wildman–Crippen MR) is 71.0 cm³/mol. The highest BCUT2D eigenvalue weighted by Gasteiger charge is 2.24. The second-order valence-electron chi connectivity index (χ2n) is 4.60. The molecule has 0 amide bonds. The van der Waals surface area contributed by atoms with Crippen molar-refractivity contribution in [3.05, 3.63) is 41.7 Å². The van der Waals surface area contributed by atoms with Crippen LogP contribution in [0.2, 0.25) is 0 Å². The first-order chi connectivity index (χ1) is 8.09. The first-order valence-corrected chi connectivity index (χ1v) is 5.94. The van der Waals surface area contributed by atoms with Gasteiger partial charge in [-0.1, -0.05) is 18.2 Å². The molecule has 4 heteroatoms. The summed E-state index contributed by atoms with van der Waals surface area (Å²) in [6.45, 7) is 4.20. The molecule has 17 heavy (non-hydrogen) atoms. The van der Waals surface area contributed by atoms with E-state index in [0.29, 0.717) is 6.04 Å². The van der Waals surface area contributed by atoms with Crippen molar-refractivity contribution in [2.75, 3.05) is 5.01 Å². The fourth-order valence-corrected chi connectivity index (χ4v) is 2.22. The van der Waals surface area contributed by atoms with Gasteiger partial charge in [-0.3, -0.25) is 5.01 Å². The van der Waals surface area contributed by atoms with Crippen molar-refractivity contribution < 1.29 is 0 Å². The standard InChI is InChI=1S/C13H20N4/c1-9-8-12(13(14)10(2)16-9)17(15)11-6-4-3-5-7-11/h3-7,9-10,16H,8,14-15H2,1-2H3. The summed E-state index contributed by atoms with van der Waals surface area (Å²) >= 11 is 0. The molecule has 2 atom stereocenters. The van der Waals surface area contributed by atoms with Gasteiger partial charge in [0.25, 0.3) is 0 Å². The fraction of sp³-hybridized carbons (Fsp3) is 0.385. The summed E-state index contributed by atoms with van der Waals surface area (Å²) in [5, 5.41) is 5.10. The maximum absolute atomic E-state index is 6.15. The van der Waals surface area contributed by atoms with Crippen LogP contribution in [0, 0.1) is 0 Å². The molecule has 0 saturated heterocycles. The summed E-state index contributed by atoms with van der Waals surface area (Å²) in [6.07, 6.45) is 0.849. The van der Waals surface area contributed by atoms with E-state index in [1.807, 2.05) is 30.3 Å². The third-order valence-corrected chi connectivity index (χ3v) is 3.16. The zero-order valence-corrected chi connectivity index (χ0v) is 10.4. The van der Waals surface area contributed by atoms with Gasteiger partial charge in [-0.25, -0.2) is 5.84 Å². The minimum absolute atomic E-state index is 0.170. The molecule has 0 fully saturated rings. The van der Waals surface area contributed by atoms with E-state index in [1.54, 1.807) is 5.01 Å². The maximum atomic E-state index is 6.15. The van der Waals surface area contributed by atoms with E-state index in [4.69, 9.17) is 11.6 Å². The van der Waals surface area contributed by atoms with E-state index in [-0.39, 0.29) is 6.04 Å². The average molecular weight is 232 g/mol. The van der Waals surface area contributed by atoms with Gasteiger partial charge in [-0.15, -0.1) is 0 Å². The highest BCUT2D eigenvalue weighted by Crippen LogP contribution is 2.23. The van der Waals surface area contributed by atoms with Crippen molar-refractivity contribution in [2.24, 2.45) is 11.6 Å². The Balaban J connectivity index is 2.30. The lowest BCUT2D eigenvalue weighted by Gasteiger charge is -2.34. The Morgan fingerprint density at radius 1 is 1.24 bits per heavy atom. The topological polar surface area (TPSA) is 67.3 Å². The van der Waals surface area contributed by atoms with Gasteiger partial charge >= 0.3 is 0 Å². The number of hydrazine groups is 1. The van der Waals surface area contributed by atoms with Crippen LogP contribution in [0.5, 0.6) is 0 Å². The first-order valence-electron chi connectivity index (χ1n) is 5.94. The number of nitrogens with zero attached hydrogens (tertiary/aromatic N) is 1. The van der Waals surface area contributed by atoms with Crippen LogP contribution in [0.25, 0.3) is 0 Å². The lowest BCUT2D eigenvalue weighted by Crippen LogP contribution is -2.47. The third kappa shape index (κ3) is 2.43. The van der Waals surface area contributed by atoms with Crippen LogP contribution >= 0.6 is 0 Å². The van der Waals surface area contributed by atoms with E-state index in [9.17, 15) is 0 Å². The smallest absolute Gasteiger partial charge is 0.0572 e. The monoisotopic (exact) mass is 232 g/mol. The third-order valence-electron chi connectivity index (χ3n) is 3.16. The number of benzene rings is 1. The lowest BCUT2D eigenvalue weighted by atomic mass is 10.0. The molecule has 2 rings (SSSR count). The van der Waals surface area contributed by atoms with Crippen LogP contribution in [-0.4, -0.2) is 12.1 Å². The van der Waals surface area contributed by atoms with Gasteiger partial charge in [0.1, 0.15) is 0 Å². The minimum atomic E-state index is 0.170. The van der Waals surface area contributed by atoms with E-state index >= 15 is 0 Å². The van der Waals surface area contributed by atoms with Crippen LogP contribution in [0.4, 0.5) is 5.69 Å². The van der Waals surface area contributed by atoms with Crippen molar-refractivity contribution in [3.63, 3.8) is 0 Å². The molecule has 0 aromatic heterocycles. The molecule has 0 spiro atoms. The fourth-order valence-electron chi connectivity index (χ4n) is 2.22. The molecular weight excluding hydrogens is 212 g/mol. The van der Waals surface area contributed by atoms with Gasteiger partial charge in [-0.2, -0.15) is 0 Å². The van der Waals surface area contributed by atoms with Gasteiger partial charge in [0.2, 0.25) is 0 Å². The van der Waals surface area contributed by atoms with Crippen LogP contribution < -0.4 is 21.9 Å². The summed E-state index contributed by atoms with van der Waals surface area (Å²) in [5.74, 6) is 6.15. The number of anilines is 1. The molecular formula is C13H20N4. The molecule has 0 saturated carbocycles. The molecule has 92 valence electrons. The van der Waals surface area contributed by atoms with Gasteiger partial charge < -0.3 is 11.1 Å². The van der Waals surface area contributed by atoms with E-state index in [1.165, 1.54) is 0 Å². The van der Waals surface area contributed by atoms with Gasteiger partial charge in [0.15, 0.2) is 0 Å². The van der Waals surface area contributed by atoms with Gasteiger partial charge in [0.05, 0.1) is 11.4 Å². The Morgan fingerprint density at radius 2 is 1.88 bits per heavy atom. The maximum Gasteiger partial charge on any atom is 0.0572 e. The molecule has 0 radical (unpaired) electrons. The molecule has 5 N–H and O–H groups in total. The molecule has 4 nitrogen and oxygen atoms in total. The SMILES string of the molecule is CC1CC(N(N)c2ccccc2)=C(N)C(C)N1. The van der Waals surface area contributed by atoms with Crippen molar-refractivity contribution in [1.29, 1.82) is 0 Å². The Hall–Kier alpha value is -1.52. The number of nitrogens with two attached hydrogens (primary N) is 2. The average Bonchev–Trinajstić information content (AvgIpc) is 2.34. The highest BCUT2D eigenvalue weighted by molar-refractivity contribution is 5.51. The van der Waals surface area contributed by atoms with Crippen molar-refractivity contribution in [1.82, 2.24) is 5.32 Å². The van der Waals surface area contributed by atoms with Crippen molar-refractivity contribution in [3.8, 4) is 0 Å². The molecule has 1 aliphatic heterocycles. The largest absolute Gasteiger partial charge is 0.399 e. The van der Waals surface area contributed by atoms with Crippen LogP contribution in [0.1, 0.15) is 20.3 Å². The number of hydrogen-bond donors (Lipinski definition) is 3. The van der Waals surface area contributed by atoms with E-state index in [0.717, 1.165) is 23.5 Å². The molecule has 1 aromatic rings. The molecule has 0 bridgehead atoms.